The number of hydrogen-bond donors (Lipinski definition) is 2. The summed E-state index contributed by atoms with van der Waals surface area (Å²) >= 11 is 5.29. The summed E-state index contributed by atoms with van der Waals surface area (Å²) in [7, 11) is 0. The first-order chi connectivity index (χ1) is 5.74. The number of rotatable bonds is 3. The normalized spacial score (nSPS) is 9.83. The Morgan fingerprint density at radius 2 is 2.58 bits per heavy atom. The summed E-state index contributed by atoms with van der Waals surface area (Å²) in [6.07, 6.45) is 1.71. The van der Waals surface area contributed by atoms with E-state index >= 15 is 0 Å². The minimum atomic E-state index is -0.175. The van der Waals surface area contributed by atoms with Crippen molar-refractivity contribution in [2.75, 3.05) is 5.88 Å². The third kappa shape index (κ3) is 2.23. The first-order valence-electron chi connectivity index (χ1n) is 3.55. The van der Waals surface area contributed by atoms with E-state index in [0.717, 1.165) is 11.3 Å². The quantitative estimate of drug-likeness (QED) is 0.680. The second kappa shape index (κ2) is 4.11. The maximum Gasteiger partial charge on any atom is 0.235 e. The highest BCUT2D eigenvalue weighted by atomic mass is 35.5. The number of carbonyl (C=O) groups excluding carboxylic acids is 1. The fraction of sp³-hybridized carbons (Fsp3) is 0.429. The fourth-order valence-corrected chi connectivity index (χ4v) is 0.881. The van der Waals surface area contributed by atoms with Crippen LogP contribution >= 0.6 is 11.6 Å². The zero-order valence-corrected chi connectivity index (χ0v) is 7.48. The van der Waals surface area contributed by atoms with Gasteiger partial charge in [-0.25, -0.2) is 0 Å². The molecule has 2 N–H and O–H groups in total. The molecule has 0 saturated heterocycles. The molecule has 0 fully saturated rings. The average molecular weight is 188 g/mol. The summed E-state index contributed by atoms with van der Waals surface area (Å²) in [6, 6.07) is 0. The summed E-state index contributed by atoms with van der Waals surface area (Å²) < 4.78 is 0. The Balaban J connectivity index is 2.43. The van der Waals surface area contributed by atoms with Gasteiger partial charge < -0.3 is 5.32 Å². The molecule has 0 radical (unpaired) electrons. The predicted molar refractivity (Wildman–Crippen MR) is 45.9 cm³/mol. The van der Waals surface area contributed by atoms with Crippen molar-refractivity contribution < 1.29 is 4.79 Å². The summed E-state index contributed by atoms with van der Waals surface area (Å²) in [5.74, 6) is -0.182. The van der Waals surface area contributed by atoms with Crippen LogP contribution in [0.4, 0.5) is 0 Å². The van der Waals surface area contributed by atoms with Crippen molar-refractivity contribution in [2.24, 2.45) is 0 Å². The number of amides is 1. The van der Waals surface area contributed by atoms with Crippen LogP contribution in [-0.4, -0.2) is 22.0 Å². The minimum absolute atomic E-state index is 0.00676. The third-order valence-corrected chi connectivity index (χ3v) is 1.76. The Labute approximate surface area is 75.3 Å². The number of nitrogens with one attached hydrogen (secondary N) is 2. The van der Waals surface area contributed by atoms with Crippen LogP contribution in [0.3, 0.4) is 0 Å². The molecule has 0 saturated carbocycles. The lowest BCUT2D eigenvalue weighted by molar-refractivity contribution is -0.118. The Morgan fingerprint density at radius 1 is 1.83 bits per heavy atom. The van der Waals surface area contributed by atoms with Gasteiger partial charge in [0.15, 0.2) is 0 Å². The van der Waals surface area contributed by atoms with Crippen LogP contribution < -0.4 is 5.32 Å². The molecule has 0 aromatic carbocycles. The Morgan fingerprint density at radius 3 is 3.08 bits per heavy atom. The van der Waals surface area contributed by atoms with Crippen LogP contribution in [-0.2, 0) is 11.3 Å². The van der Waals surface area contributed by atoms with Gasteiger partial charge in [0.25, 0.3) is 0 Å². The van der Waals surface area contributed by atoms with Gasteiger partial charge >= 0.3 is 0 Å². The van der Waals surface area contributed by atoms with E-state index in [9.17, 15) is 4.79 Å². The maximum absolute atomic E-state index is 10.7. The lowest BCUT2D eigenvalue weighted by Crippen LogP contribution is -2.24. The number of alkyl halides is 1. The van der Waals surface area contributed by atoms with E-state index in [1.54, 1.807) is 6.20 Å². The van der Waals surface area contributed by atoms with Crippen LogP contribution in [0.2, 0.25) is 0 Å². The van der Waals surface area contributed by atoms with E-state index in [1.165, 1.54) is 0 Å². The molecular formula is C7H10ClN3O. The molecule has 0 aliphatic heterocycles. The minimum Gasteiger partial charge on any atom is -0.349 e. The van der Waals surface area contributed by atoms with Gasteiger partial charge in [-0.1, -0.05) is 0 Å². The van der Waals surface area contributed by atoms with Crippen LogP contribution in [0.1, 0.15) is 11.3 Å². The van der Waals surface area contributed by atoms with Crippen LogP contribution in [0.5, 0.6) is 0 Å². The van der Waals surface area contributed by atoms with E-state index in [1.807, 2.05) is 6.92 Å². The molecule has 0 atom stereocenters. The highest BCUT2D eigenvalue weighted by molar-refractivity contribution is 6.27. The van der Waals surface area contributed by atoms with Crippen molar-refractivity contribution in [1.29, 1.82) is 0 Å². The molecule has 5 heteroatoms. The fourth-order valence-electron chi connectivity index (χ4n) is 0.786. The van der Waals surface area contributed by atoms with E-state index in [0.29, 0.717) is 6.54 Å². The first kappa shape index (κ1) is 9.06. The molecule has 1 heterocycles. The second-order valence-corrected chi connectivity index (χ2v) is 2.71. The average Bonchev–Trinajstić information content (AvgIpc) is 2.47. The molecule has 1 aromatic heterocycles. The molecule has 0 spiro atoms. The van der Waals surface area contributed by atoms with E-state index < -0.39 is 0 Å². The van der Waals surface area contributed by atoms with Gasteiger partial charge in [-0.3, -0.25) is 9.89 Å². The molecule has 4 nitrogen and oxygen atoms in total. The number of aromatic nitrogens is 2. The number of hydrogen-bond acceptors (Lipinski definition) is 2. The largest absolute Gasteiger partial charge is 0.349 e. The monoisotopic (exact) mass is 187 g/mol. The molecular weight excluding hydrogens is 178 g/mol. The first-order valence-corrected chi connectivity index (χ1v) is 4.09. The van der Waals surface area contributed by atoms with Gasteiger partial charge in [0.05, 0.1) is 18.4 Å². The van der Waals surface area contributed by atoms with Crippen LogP contribution in [0, 0.1) is 6.92 Å². The van der Waals surface area contributed by atoms with Gasteiger partial charge in [-0.15, -0.1) is 11.6 Å². The number of carbonyl (C=O) groups is 1. The standard InChI is InChI=1S/C7H10ClN3O/c1-5-3-10-11-6(5)4-9-7(12)2-8/h3H,2,4H2,1H3,(H,9,12)(H,10,11). The van der Waals surface area contributed by atoms with E-state index in [4.69, 9.17) is 11.6 Å². The van der Waals surface area contributed by atoms with Crippen molar-refractivity contribution in [3.05, 3.63) is 17.5 Å². The van der Waals surface area contributed by atoms with Crippen LogP contribution in [0.15, 0.2) is 6.20 Å². The molecule has 0 unspecified atom stereocenters. The van der Waals surface area contributed by atoms with Gasteiger partial charge in [-0.2, -0.15) is 5.10 Å². The predicted octanol–water partition coefficient (Wildman–Crippen LogP) is 0.573. The summed E-state index contributed by atoms with van der Waals surface area (Å²) in [6.45, 7) is 2.38. The van der Waals surface area contributed by atoms with Crippen molar-refractivity contribution in [1.82, 2.24) is 15.5 Å². The molecule has 0 bridgehead atoms. The molecule has 0 aliphatic rings. The highest BCUT2D eigenvalue weighted by Crippen LogP contribution is 2.00. The van der Waals surface area contributed by atoms with Crippen molar-refractivity contribution >= 4 is 17.5 Å². The number of halogens is 1. The molecule has 66 valence electrons. The number of nitrogens with zero attached hydrogens (tertiary/aromatic N) is 1. The lowest BCUT2D eigenvalue weighted by Gasteiger charge is -2.00. The Bertz CT molecular complexity index is 271. The number of H-pyrrole nitrogens is 1. The SMILES string of the molecule is Cc1cn[nH]c1CNC(=O)CCl. The molecule has 1 rings (SSSR count). The molecule has 12 heavy (non-hydrogen) atoms. The lowest BCUT2D eigenvalue weighted by atomic mass is 10.3. The van der Waals surface area contributed by atoms with Crippen molar-refractivity contribution in [2.45, 2.75) is 13.5 Å². The molecule has 0 aliphatic carbocycles. The van der Waals surface area contributed by atoms with Gasteiger partial charge in [0, 0.05) is 0 Å². The summed E-state index contributed by atoms with van der Waals surface area (Å²) in [4.78, 5) is 10.7. The number of aryl methyl sites for hydroxylation is 1. The van der Waals surface area contributed by atoms with Gasteiger partial charge in [0.1, 0.15) is 5.88 Å². The maximum atomic E-state index is 10.7. The van der Waals surface area contributed by atoms with E-state index in [-0.39, 0.29) is 11.8 Å². The van der Waals surface area contributed by atoms with Crippen molar-refractivity contribution in [3.8, 4) is 0 Å². The van der Waals surface area contributed by atoms with Gasteiger partial charge in [0.2, 0.25) is 5.91 Å². The zero-order valence-electron chi connectivity index (χ0n) is 6.72. The van der Waals surface area contributed by atoms with Crippen LogP contribution in [0.25, 0.3) is 0 Å². The zero-order chi connectivity index (χ0) is 8.97. The Hall–Kier alpha value is -1.03. The van der Waals surface area contributed by atoms with Crippen molar-refractivity contribution in [3.63, 3.8) is 0 Å². The number of aromatic amines is 1. The van der Waals surface area contributed by atoms with Gasteiger partial charge in [-0.05, 0) is 12.5 Å². The van der Waals surface area contributed by atoms with E-state index in [2.05, 4.69) is 15.5 Å². The molecule has 1 aromatic rings. The highest BCUT2D eigenvalue weighted by Gasteiger charge is 2.01. The smallest absolute Gasteiger partial charge is 0.235 e. The third-order valence-electron chi connectivity index (χ3n) is 1.52. The Kier molecular flexibility index (Phi) is 3.10. The second-order valence-electron chi connectivity index (χ2n) is 2.44. The topological polar surface area (TPSA) is 57.8 Å². The summed E-state index contributed by atoms with van der Waals surface area (Å²) in [5.41, 5.74) is 1.94. The molecule has 1 amide bonds. The summed E-state index contributed by atoms with van der Waals surface area (Å²) in [5, 5.41) is 9.23.